The molecule has 0 saturated carbocycles. The summed E-state index contributed by atoms with van der Waals surface area (Å²) in [7, 11) is 1.98. The van der Waals surface area contributed by atoms with Crippen LogP contribution in [0.15, 0.2) is 28.7 Å². The molecule has 0 bridgehead atoms. The normalized spacial score (nSPS) is 21.8. The van der Waals surface area contributed by atoms with Crippen LogP contribution < -0.4 is 0 Å². The summed E-state index contributed by atoms with van der Waals surface area (Å²) in [6, 6.07) is 7.10. The van der Waals surface area contributed by atoms with Crippen molar-refractivity contribution in [3.05, 3.63) is 34.3 Å². The lowest BCUT2D eigenvalue weighted by Crippen LogP contribution is -2.25. The van der Waals surface area contributed by atoms with E-state index in [1.807, 2.05) is 13.1 Å². The Labute approximate surface area is 115 Å². The van der Waals surface area contributed by atoms with E-state index in [1.165, 1.54) is 0 Å². The van der Waals surface area contributed by atoms with Gasteiger partial charge in [-0.05, 0) is 19.5 Å². The van der Waals surface area contributed by atoms with E-state index in [1.54, 1.807) is 18.2 Å². The molecule has 1 heterocycles. The molecule has 1 N–H and O–H groups in total. The topological polar surface area (TPSA) is 49.8 Å². The highest BCUT2D eigenvalue weighted by atomic mass is 79.9. The first-order chi connectivity index (χ1) is 8.58. The Morgan fingerprint density at radius 2 is 2.28 bits per heavy atom. The van der Waals surface area contributed by atoms with E-state index >= 15 is 0 Å². The lowest BCUT2D eigenvalue weighted by atomic mass is 10.1. The molecule has 98 valence electrons. The highest BCUT2D eigenvalue weighted by molar-refractivity contribution is 9.10. The molecule has 1 aromatic carbocycles. The van der Waals surface area contributed by atoms with Gasteiger partial charge in [0, 0.05) is 23.1 Å². The molecule has 2 unspecified atom stereocenters. The number of likely N-dealkylation sites (tertiary alicyclic amines) is 1. The number of aliphatic hydroxyl groups is 1. The monoisotopic (exact) mass is 313 g/mol. The molecule has 0 radical (unpaired) electrons. The third-order valence-corrected chi connectivity index (χ3v) is 3.78. The highest BCUT2D eigenvalue weighted by Crippen LogP contribution is 2.25. The predicted octanol–water partition coefficient (Wildman–Crippen LogP) is 1.73. The van der Waals surface area contributed by atoms with Gasteiger partial charge in [0.15, 0.2) is 6.10 Å². The average Bonchev–Trinajstić information content (AvgIpc) is 2.74. The minimum Gasteiger partial charge on any atom is -0.459 e. The number of carbonyl (C=O) groups excluding carboxylic acids is 1. The number of benzene rings is 1. The van der Waals surface area contributed by atoms with E-state index < -0.39 is 12.1 Å². The van der Waals surface area contributed by atoms with Gasteiger partial charge in [0.25, 0.3) is 0 Å². The number of hydrogen-bond donors (Lipinski definition) is 1. The van der Waals surface area contributed by atoms with Crippen LogP contribution in [0.2, 0.25) is 0 Å². The molecule has 1 aromatic rings. The van der Waals surface area contributed by atoms with Gasteiger partial charge in [-0.25, -0.2) is 4.79 Å². The maximum absolute atomic E-state index is 11.8. The van der Waals surface area contributed by atoms with Gasteiger partial charge in [0.2, 0.25) is 0 Å². The second-order valence-corrected chi connectivity index (χ2v) is 5.39. The van der Waals surface area contributed by atoms with E-state index in [4.69, 9.17) is 4.74 Å². The standard InChI is InChI=1S/C13H16BrNO3/c1-15-7-6-9(8-15)18-13(17)12(16)10-4-2-3-5-11(10)14/h2-5,9,12,16H,6-8H2,1H3. The fourth-order valence-electron chi connectivity index (χ4n) is 2.04. The summed E-state index contributed by atoms with van der Waals surface area (Å²) in [5.74, 6) is -0.581. The third-order valence-electron chi connectivity index (χ3n) is 3.05. The number of rotatable bonds is 3. The molecule has 18 heavy (non-hydrogen) atoms. The number of esters is 1. The summed E-state index contributed by atoms with van der Waals surface area (Å²) in [5, 5.41) is 9.98. The van der Waals surface area contributed by atoms with E-state index in [0.717, 1.165) is 19.5 Å². The van der Waals surface area contributed by atoms with Crippen molar-refractivity contribution in [2.24, 2.45) is 0 Å². The van der Waals surface area contributed by atoms with Crippen LogP contribution in [0.4, 0.5) is 0 Å². The van der Waals surface area contributed by atoms with Crippen molar-refractivity contribution < 1.29 is 14.6 Å². The molecule has 1 aliphatic rings. The van der Waals surface area contributed by atoms with Gasteiger partial charge in [-0.3, -0.25) is 0 Å². The van der Waals surface area contributed by atoms with Crippen LogP contribution in [0.1, 0.15) is 18.1 Å². The average molecular weight is 314 g/mol. The van der Waals surface area contributed by atoms with Crippen molar-refractivity contribution in [2.45, 2.75) is 18.6 Å². The molecular weight excluding hydrogens is 298 g/mol. The molecule has 2 rings (SSSR count). The smallest absolute Gasteiger partial charge is 0.340 e. The second-order valence-electron chi connectivity index (χ2n) is 4.53. The Morgan fingerprint density at radius 3 is 2.89 bits per heavy atom. The minimum atomic E-state index is -1.23. The van der Waals surface area contributed by atoms with Crippen LogP contribution >= 0.6 is 15.9 Å². The van der Waals surface area contributed by atoms with Gasteiger partial charge in [-0.2, -0.15) is 0 Å². The van der Waals surface area contributed by atoms with Crippen molar-refractivity contribution in [2.75, 3.05) is 20.1 Å². The van der Waals surface area contributed by atoms with E-state index in [-0.39, 0.29) is 6.10 Å². The zero-order valence-electron chi connectivity index (χ0n) is 10.2. The van der Waals surface area contributed by atoms with Gasteiger partial charge in [-0.1, -0.05) is 34.1 Å². The molecular formula is C13H16BrNO3. The molecule has 1 fully saturated rings. The van der Waals surface area contributed by atoms with Crippen molar-refractivity contribution >= 4 is 21.9 Å². The van der Waals surface area contributed by atoms with Gasteiger partial charge in [-0.15, -0.1) is 0 Å². The van der Waals surface area contributed by atoms with Crippen molar-refractivity contribution in [3.63, 3.8) is 0 Å². The van der Waals surface area contributed by atoms with Crippen LogP contribution in [0.3, 0.4) is 0 Å². The Kier molecular flexibility index (Phi) is 4.37. The maximum atomic E-state index is 11.8. The molecule has 0 spiro atoms. The van der Waals surface area contributed by atoms with Crippen LogP contribution in [0, 0.1) is 0 Å². The van der Waals surface area contributed by atoms with E-state index in [0.29, 0.717) is 10.0 Å². The summed E-state index contributed by atoms with van der Waals surface area (Å²) in [5.41, 5.74) is 0.536. The number of nitrogens with zero attached hydrogens (tertiary/aromatic N) is 1. The number of halogens is 1. The molecule has 0 aliphatic carbocycles. The van der Waals surface area contributed by atoms with Crippen LogP contribution in [-0.2, 0) is 9.53 Å². The number of ether oxygens (including phenoxy) is 1. The Bertz CT molecular complexity index is 438. The summed E-state index contributed by atoms with van der Waals surface area (Å²) in [6.07, 6.45) is -0.517. The summed E-state index contributed by atoms with van der Waals surface area (Å²) in [4.78, 5) is 13.9. The molecule has 2 atom stereocenters. The quantitative estimate of drug-likeness (QED) is 0.863. The second kappa shape index (κ2) is 5.82. The third kappa shape index (κ3) is 3.10. The molecule has 5 heteroatoms. The van der Waals surface area contributed by atoms with Crippen molar-refractivity contribution in [1.82, 2.24) is 4.90 Å². The van der Waals surface area contributed by atoms with E-state index in [9.17, 15) is 9.90 Å². The maximum Gasteiger partial charge on any atom is 0.340 e. The minimum absolute atomic E-state index is 0.111. The van der Waals surface area contributed by atoms with Gasteiger partial charge in [0.1, 0.15) is 6.10 Å². The number of likely N-dealkylation sites (N-methyl/N-ethyl adjacent to an activating group) is 1. The Morgan fingerprint density at radius 1 is 1.56 bits per heavy atom. The lowest BCUT2D eigenvalue weighted by molar-refractivity contribution is -0.158. The molecule has 4 nitrogen and oxygen atoms in total. The molecule has 0 amide bonds. The fraction of sp³-hybridized carbons (Fsp3) is 0.462. The number of hydrogen-bond acceptors (Lipinski definition) is 4. The predicted molar refractivity (Wildman–Crippen MR) is 71.1 cm³/mol. The zero-order chi connectivity index (χ0) is 13.1. The molecule has 0 aromatic heterocycles. The summed E-state index contributed by atoms with van der Waals surface area (Å²) in [6.45, 7) is 1.65. The number of aliphatic hydroxyl groups excluding tert-OH is 1. The van der Waals surface area contributed by atoms with Crippen LogP contribution in [0.25, 0.3) is 0 Å². The summed E-state index contributed by atoms with van der Waals surface area (Å²) < 4.78 is 6.01. The number of carbonyl (C=O) groups is 1. The zero-order valence-corrected chi connectivity index (χ0v) is 11.8. The van der Waals surface area contributed by atoms with Gasteiger partial charge < -0.3 is 14.7 Å². The van der Waals surface area contributed by atoms with Crippen LogP contribution in [-0.4, -0.2) is 42.2 Å². The Balaban J connectivity index is 1.99. The largest absolute Gasteiger partial charge is 0.459 e. The van der Waals surface area contributed by atoms with Gasteiger partial charge in [0.05, 0.1) is 0 Å². The SMILES string of the molecule is CN1CCC(OC(=O)C(O)c2ccccc2Br)C1. The molecule has 1 aliphatic heterocycles. The first kappa shape index (κ1) is 13.5. The molecule has 1 saturated heterocycles. The van der Waals surface area contributed by atoms with Gasteiger partial charge >= 0.3 is 5.97 Å². The van der Waals surface area contributed by atoms with Crippen molar-refractivity contribution in [3.8, 4) is 0 Å². The summed E-state index contributed by atoms with van der Waals surface area (Å²) >= 11 is 3.31. The van der Waals surface area contributed by atoms with Crippen LogP contribution in [0.5, 0.6) is 0 Å². The fourth-order valence-corrected chi connectivity index (χ4v) is 2.54. The Hall–Kier alpha value is -0.910. The first-order valence-corrected chi connectivity index (χ1v) is 6.68. The lowest BCUT2D eigenvalue weighted by Gasteiger charge is -2.16. The highest BCUT2D eigenvalue weighted by Gasteiger charge is 2.27. The van der Waals surface area contributed by atoms with E-state index in [2.05, 4.69) is 20.8 Å². The van der Waals surface area contributed by atoms with Crippen molar-refractivity contribution in [1.29, 1.82) is 0 Å². The first-order valence-electron chi connectivity index (χ1n) is 5.89.